The van der Waals surface area contributed by atoms with Crippen LogP contribution in [-0.2, 0) is 18.6 Å². The molecular formula is C14H26NO6P. The predicted molar refractivity (Wildman–Crippen MR) is 82.5 cm³/mol. The van der Waals surface area contributed by atoms with Gasteiger partial charge in [-0.3, -0.25) is 9.36 Å². The Kier molecular flexibility index (Phi) is 6.04. The van der Waals surface area contributed by atoms with E-state index in [1.165, 1.54) is 11.6 Å². The predicted octanol–water partition coefficient (Wildman–Crippen LogP) is 2.64. The van der Waals surface area contributed by atoms with Crippen molar-refractivity contribution in [2.75, 3.05) is 26.4 Å². The highest BCUT2D eigenvalue weighted by atomic mass is 31.2. The van der Waals surface area contributed by atoms with Gasteiger partial charge in [0.25, 0.3) is 0 Å². The molecule has 1 N–H and O–H groups in total. The zero-order chi connectivity index (χ0) is 17.1. The molecule has 0 radical (unpaired) electrons. The summed E-state index contributed by atoms with van der Waals surface area (Å²) in [5, 5.41) is 9.42. The third kappa shape index (κ3) is 4.99. The van der Waals surface area contributed by atoms with Gasteiger partial charge in [-0.15, -0.1) is 0 Å². The summed E-state index contributed by atoms with van der Waals surface area (Å²) in [6.45, 7) is 9.16. The van der Waals surface area contributed by atoms with Gasteiger partial charge < -0.3 is 19.3 Å². The van der Waals surface area contributed by atoms with Crippen LogP contribution in [0.15, 0.2) is 0 Å². The molecular weight excluding hydrogens is 309 g/mol. The highest BCUT2D eigenvalue weighted by molar-refractivity contribution is 7.60. The summed E-state index contributed by atoms with van der Waals surface area (Å²) in [6.07, 6.45) is 0.00248. The van der Waals surface area contributed by atoms with Crippen LogP contribution in [0.5, 0.6) is 0 Å². The average Bonchev–Trinajstić information content (AvgIpc) is 2.74. The molecule has 0 saturated carbocycles. The smallest absolute Gasteiger partial charge is 0.410 e. The maximum atomic E-state index is 12.5. The van der Waals surface area contributed by atoms with Crippen molar-refractivity contribution < 1.29 is 28.5 Å². The second kappa shape index (κ2) is 7.01. The molecule has 0 aromatic carbocycles. The van der Waals surface area contributed by atoms with Gasteiger partial charge in [0.15, 0.2) is 0 Å². The van der Waals surface area contributed by atoms with Gasteiger partial charge in [0.1, 0.15) is 11.3 Å². The molecule has 1 aliphatic heterocycles. The second-order valence-electron chi connectivity index (χ2n) is 6.58. The molecule has 0 aliphatic carbocycles. The van der Waals surface area contributed by atoms with Crippen LogP contribution >= 0.6 is 7.37 Å². The molecule has 128 valence electrons. The van der Waals surface area contributed by atoms with E-state index in [1.54, 1.807) is 27.7 Å². The Hall–Kier alpha value is -1.07. The van der Waals surface area contributed by atoms with Gasteiger partial charge in [-0.05, 0) is 34.1 Å². The summed E-state index contributed by atoms with van der Waals surface area (Å²) in [7, 11) is -3.28. The zero-order valence-electron chi connectivity index (χ0n) is 13.9. The molecule has 1 saturated heterocycles. The number of rotatable bonds is 5. The van der Waals surface area contributed by atoms with Crippen LogP contribution < -0.4 is 0 Å². The van der Waals surface area contributed by atoms with Crippen LogP contribution in [0, 0.1) is 5.92 Å². The van der Waals surface area contributed by atoms with Crippen molar-refractivity contribution in [1.82, 2.24) is 4.90 Å². The number of aliphatic carboxylic acids is 1. The van der Waals surface area contributed by atoms with E-state index in [0.717, 1.165) is 0 Å². The Morgan fingerprint density at radius 3 is 2.45 bits per heavy atom. The quantitative estimate of drug-likeness (QED) is 0.776. The summed E-state index contributed by atoms with van der Waals surface area (Å²) in [5.41, 5.74) is -1.70. The van der Waals surface area contributed by atoms with Crippen LogP contribution in [0.4, 0.5) is 4.79 Å². The minimum Gasteiger partial charge on any atom is -0.481 e. The van der Waals surface area contributed by atoms with Gasteiger partial charge >= 0.3 is 12.1 Å². The molecule has 1 aliphatic rings. The number of amides is 1. The molecule has 0 spiro atoms. The first-order chi connectivity index (χ1) is 9.98. The van der Waals surface area contributed by atoms with Gasteiger partial charge in [0.05, 0.1) is 6.61 Å². The summed E-state index contributed by atoms with van der Waals surface area (Å²) in [6, 6.07) is 0. The lowest BCUT2D eigenvalue weighted by atomic mass is 10.0. The highest BCUT2D eigenvalue weighted by Crippen LogP contribution is 2.52. The maximum Gasteiger partial charge on any atom is 0.410 e. The molecule has 0 bridgehead atoms. The molecule has 2 unspecified atom stereocenters. The van der Waals surface area contributed by atoms with E-state index in [2.05, 4.69) is 0 Å². The maximum absolute atomic E-state index is 12.5. The van der Waals surface area contributed by atoms with E-state index in [9.17, 15) is 19.3 Å². The van der Waals surface area contributed by atoms with E-state index < -0.39 is 36.6 Å². The summed E-state index contributed by atoms with van der Waals surface area (Å²) >= 11 is 0. The zero-order valence-corrected chi connectivity index (χ0v) is 14.8. The Bertz CT molecular complexity index is 472. The van der Waals surface area contributed by atoms with Crippen LogP contribution in [0.25, 0.3) is 0 Å². The monoisotopic (exact) mass is 335 g/mol. The molecule has 8 heteroatoms. The Balaban J connectivity index is 2.80. The molecule has 3 atom stereocenters. The molecule has 7 nitrogen and oxygen atoms in total. The van der Waals surface area contributed by atoms with Gasteiger partial charge in [-0.25, -0.2) is 4.79 Å². The normalized spacial score (nSPS) is 23.0. The molecule has 22 heavy (non-hydrogen) atoms. The summed E-state index contributed by atoms with van der Waals surface area (Å²) < 4.78 is 23.0. The van der Waals surface area contributed by atoms with Crippen molar-refractivity contribution in [1.29, 1.82) is 0 Å². The topological polar surface area (TPSA) is 93.1 Å². The van der Waals surface area contributed by atoms with E-state index in [4.69, 9.17) is 9.26 Å². The van der Waals surface area contributed by atoms with Gasteiger partial charge in [-0.1, -0.05) is 0 Å². The van der Waals surface area contributed by atoms with Crippen molar-refractivity contribution in [3.63, 3.8) is 0 Å². The van der Waals surface area contributed by atoms with E-state index in [0.29, 0.717) is 13.0 Å². The van der Waals surface area contributed by atoms with E-state index in [1.807, 2.05) is 0 Å². The van der Waals surface area contributed by atoms with Gasteiger partial charge in [-0.2, -0.15) is 0 Å². The molecule has 1 rings (SSSR count). The first-order valence-corrected chi connectivity index (χ1v) is 9.54. The third-order valence-corrected chi connectivity index (χ3v) is 5.89. The average molecular weight is 335 g/mol. The number of likely N-dealkylation sites (tertiary alicyclic amines) is 1. The van der Waals surface area contributed by atoms with E-state index in [-0.39, 0.29) is 13.2 Å². The number of carbonyl (C=O) groups is 2. The van der Waals surface area contributed by atoms with Crippen molar-refractivity contribution in [2.24, 2.45) is 5.92 Å². The largest absolute Gasteiger partial charge is 0.481 e. The lowest BCUT2D eigenvalue weighted by molar-refractivity contribution is -0.137. The minimum atomic E-state index is -3.28. The fraction of sp³-hybridized carbons (Fsp3) is 0.857. The number of carboxylic acids is 1. The van der Waals surface area contributed by atoms with Gasteiger partial charge in [0.2, 0.25) is 7.37 Å². The lowest BCUT2D eigenvalue weighted by Gasteiger charge is -2.27. The van der Waals surface area contributed by atoms with Crippen molar-refractivity contribution in [2.45, 2.75) is 45.4 Å². The van der Waals surface area contributed by atoms with Crippen molar-refractivity contribution >= 4 is 19.4 Å². The fourth-order valence-electron chi connectivity index (χ4n) is 2.66. The van der Waals surface area contributed by atoms with E-state index >= 15 is 0 Å². The first-order valence-electron chi connectivity index (χ1n) is 7.40. The fourth-order valence-corrected chi connectivity index (χ4v) is 4.74. The first kappa shape index (κ1) is 19.0. The third-order valence-electron chi connectivity index (χ3n) is 3.47. The summed E-state index contributed by atoms with van der Waals surface area (Å²) in [4.78, 5) is 25.0. The molecule has 1 amide bonds. The number of ether oxygens (including phenoxy) is 1. The standard InChI is InChI=1S/C14H26NO6P/c1-6-20-22(5,19)11(12(16)17)10-7-8-15(9-10)13(18)21-14(2,3)4/h10-11H,6-9H2,1-5H3,(H,16,17)/t10-,11?,22?/m0/s1. The molecule has 1 fully saturated rings. The molecule has 0 aromatic heterocycles. The van der Waals surface area contributed by atoms with Crippen LogP contribution in [0.1, 0.15) is 34.1 Å². The molecule has 0 aromatic rings. The van der Waals surface area contributed by atoms with Crippen molar-refractivity contribution in [3.8, 4) is 0 Å². The van der Waals surface area contributed by atoms with Crippen molar-refractivity contribution in [3.05, 3.63) is 0 Å². The minimum absolute atomic E-state index is 0.195. The Morgan fingerprint density at radius 2 is 2.00 bits per heavy atom. The molecule has 1 heterocycles. The Labute approximate surface area is 131 Å². The number of hydrogen-bond donors (Lipinski definition) is 1. The Morgan fingerprint density at radius 1 is 1.41 bits per heavy atom. The van der Waals surface area contributed by atoms with Crippen LogP contribution in [-0.4, -0.2) is 59.7 Å². The van der Waals surface area contributed by atoms with Crippen LogP contribution in [0.3, 0.4) is 0 Å². The number of carbonyl (C=O) groups excluding carboxylic acids is 1. The summed E-state index contributed by atoms with van der Waals surface area (Å²) in [5.74, 6) is -1.54. The highest BCUT2D eigenvalue weighted by Gasteiger charge is 2.45. The number of carboxylic acid groups (broad SMARTS) is 1. The SMILES string of the molecule is CCOP(C)(=O)C(C(=O)O)[C@H]1CCN(C(=O)OC(C)(C)C)C1. The van der Waals surface area contributed by atoms with Gasteiger partial charge in [0, 0.05) is 25.7 Å². The number of nitrogens with zero attached hydrogens (tertiary/aromatic N) is 1. The van der Waals surface area contributed by atoms with Crippen LogP contribution in [0.2, 0.25) is 0 Å². The lowest BCUT2D eigenvalue weighted by Crippen LogP contribution is -2.37. The second-order valence-corrected chi connectivity index (χ2v) is 9.22. The number of hydrogen-bond acceptors (Lipinski definition) is 5.